The SMILES string of the molecule is CCS(=O)(=O)N1CC=C(c2cnc(N)c(C(=O)Nc3n[nH]c4ccccc34)n2)CC1.[HH].[HH].[HH]. The summed E-state index contributed by atoms with van der Waals surface area (Å²) >= 11 is 0. The van der Waals surface area contributed by atoms with E-state index in [4.69, 9.17) is 5.73 Å². The highest BCUT2D eigenvalue weighted by molar-refractivity contribution is 7.89. The Morgan fingerprint density at radius 2 is 2.17 bits per heavy atom. The first-order valence-corrected chi connectivity index (χ1v) is 11.0. The Bertz CT molecular complexity index is 1260. The molecule has 0 atom stereocenters. The second kappa shape index (κ2) is 7.84. The van der Waals surface area contributed by atoms with Crippen LogP contribution in [0.15, 0.2) is 36.5 Å². The number of nitrogens with one attached hydrogen (secondary N) is 2. The molecule has 11 heteroatoms. The number of rotatable bonds is 5. The first kappa shape index (κ1) is 20.0. The van der Waals surface area contributed by atoms with Crippen LogP contribution in [0.3, 0.4) is 0 Å². The summed E-state index contributed by atoms with van der Waals surface area (Å²) in [5.74, 6) is -0.0859. The molecule has 0 radical (unpaired) electrons. The van der Waals surface area contributed by atoms with Gasteiger partial charge in [0.05, 0.1) is 23.2 Å². The molecule has 4 rings (SSSR count). The highest BCUT2D eigenvalue weighted by Crippen LogP contribution is 2.24. The van der Waals surface area contributed by atoms with Gasteiger partial charge in [-0.05, 0) is 31.1 Å². The maximum atomic E-state index is 12.8. The van der Waals surface area contributed by atoms with E-state index < -0.39 is 15.9 Å². The highest BCUT2D eigenvalue weighted by Gasteiger charge is 2.24. The van der Waals surface area contributed by atoms with E-state index in [1.807, 2.05) is 24.3 Å². The van der Waals surface area contributed by atoms with E-state index in [1.165, 1.54) is 10.5 Å². The molecule has 1 aromatic carbocycles. The standard InChI is InChI=1S/C19H21N7O3S.3H2/c1-2-30(28,29)26-9-7-12(8-10-26)15-11-21-17(20)16(22-15)19(27)23-18-13-5-3-4-6-14(13)24-25-18;;;/h3-7,11H,2,8-10H2,1H3,(H2,20,21)(H2,23,24,25,27);3*1H. The third-order valence-electron chi connectivity index (χ3n) is 4.98. The number of sulfonamides is 1. The number of carbonyl (C=O) groups excluding carboxylic acids is 1. The van der Waals surface area contributed by atoms with Gasteiger partial charge in [-0.1, -0.05) is 18.2 Å². The number of amides is 1. The Kier molecular flexibility index (Phi) is 5.22. The summed E-state index contributed by atoms with van der Waals surface area (Å²) in [5, 5.41) is 10.5. The molecule has 1 aliphatic rings. The normalized spacial score (nSPS) is 15.2. The molecule has 3 heterocycles. The average Bonchev–Trinajstić information content (AvgIpc) is 3.17. The first-order chi connectivity index (χ1) is 14.4. The maximum Gasteiger partial charge on any atom is 0.279 e. The van der Waals surface area contributed by atoms with Gasteiger partial charge in [0, 0.05) is 22.8 Å². The van der Waals surface area contributed by atoms with Crippen LogP contribution in [0.4, 0.5) is 11.6 Å². The van der Waals surface area contributed by atoms with Crippen molar-refractivity contribution in [2.45, 2.75) is 13.3 Å². The van der Waals surface area contributed by atoms with Crippen LogP contribution in [0.1, 0.15) is 33.8 Å². The van der Waals surface area contributed by atoms with Crippen molar-refractivity contribution in [3.8, 4) is 0 Å². The number of aromatic nitrogens is 4. The summed E-state index contributed by atoms with van der Waals surface area (Å²) in [6.45, 7) is 2.24. The predicted octanol–water partition coefficient (Wildman–Crippen LogP) is 2.36. The van der Waals surface area contributed by atoms with Crippen LogP contribution < -0.4 is 11.1 Å². The fourth-order valence-corrected chi connectivity index (χ4v) is 4.30. The van der Waals surface area contributed by atoms with Gasteiger partial charge >= 0.3 is 0 Å². The molecule has 1 amide bonds. The number of nitrogens with zero attached hydrogens (tertiary/aromatic N) is 4. The lowest BCUT2D eigenvalue weighted by Gasteiger charge is -2.25. The molecule has 10 nitrogen and oxygen atoms in total. The summed E-state index contributed by atoms with van der Waals surface area (Å²) in [4.78, 5) is 21.3. The zero-order valence-corrected chi connectivity index (χ0v) is 17.1. The summed E-state index contributed by atoms with van der Waals surface area (Å²) < 4.78 is 25.5. The number of nitrogen functional groups attached to an aromatic ring is 1. The second-order valence-corrected chi connectivity index (χ2v) is 9.06. The van der Waals surface area contributed by atoms with E-state index in [0.717, 1.165) is 16.5 Å². The van der Waals surface area contributed by atoms with Crippen molar-refractivity contribution >= 4 is 44.0 Å². The van der Waals surface area contributed by atoms with Crippen LogP contribution >= 0.6 is 0 Å². The number of H-pyrrole nitrogens is 1. The van der Waals surface area contributed by atoms with Crippen molar-refractivity contribution in [2.75, 3.05) is 29.9 Å². The van der Waals surface area contributed by atoms with Crippen LogP contribution in [0.2, 0.25) is 0 Å². The molecule has 0 fully saturated rings. The monoisotopic (exact) mass is 433 g/mol. The Morgan fingerprint density at radius 3 is 2.90 bits per heavy atom. The van der Waals surface area contributed by atoms with Crippen molar-refractivity contribution in [2.24, 2.45) is 0 Å². The number of para-hydroxylation sites is 1. The molecular formula is C19H27N7O3S. The maximum absolute atomic E-state index is 12.8. The molecule has 162 valence electrons. The van der Waals surface area contributed by atoms with Gasteiger partial charge < -0.3 is 11.1 Å². The second-order valence-electron chi connectivity index (χ2n) is 6.80. The number of hydrogen-bond acceptors (Lipinski definition) is 7. The number of nitrogens with two attached hydrogens (primary N) is 1. The minimum Gasteiger partial charge on any atom is -0.382 e. The van der Waals surface area contributed by atoms with Crippen LogP contribution in [0.25, 0.3) is 16.5 Å². The van der Waals surface area contributed by atoms with Gasteiger partial charge in [0.2, 0.25) is 10.0 Å². The number of hydrogen-bond donors (Lipinski definition) is 3. The van der Waals surface area contributed by atoms with Crippen LogP contribution in [-0.4, -0.2) is 57.6 Å². The molecule has 1 aliphatic heterocycles. The Hall–Kier alpha value is -3.31. The number of aromatic amines is 1. The minimum atomic E-state index is -3.24. The van der Waals surface area contributed by atoms with Gasteiger partial charge in [-0.3, -0.25) is 9.89 Å². The molecular weight excluding hydrogens is 406 g/mol. The fraction of sp³-hybridized carbons (Fsp3) is 0.263. The smallest absolute Gasteiger partial charge is 0.279 e. The lowest BCUT2D eigenvalue weighted by Crippen LogP contribution is -2.35. The number of benzene rings is 1. The van der Waals surface area contributed by atoms with E-state index in [2.05, 4.69) is 25.5 Å². The van der Waals surface area contributed by atoms with Gasteiger partial charge in [0.15, 0.2) is 17.3 Å². The van der Waals surface area contributed by atoms with Crippen LogP contribution in [-0.2, 0) is 10.0 Å². The van der Waals surface area contributed by atoms with E-state index >= 15 is 0 Å². The molecule has 0 bridgehead atoms. The van der Waals surface area contributed by atoms with Crippen molar-refractivity contribution < 1.29 is 17.5 Å². The molecule has 2 aromatic heterocycles. The molecule has 0 saturated carbocycles. The van der Waals surface area contributed by atoms with E-state index in [0.29, 0.717) is 24.5 Å². The predicted molar refractivity (Wildman–Crippen MR) is 120 cm³/mol. The molecule has 0 unspecified atom stereocenters. The average molecular weight is 434 g/mol. The summed E-state index contributed by atoms with van der Waals surface area (Å²) in [6.07, 6.45) is 3.76. The van der Waals surface area contributed by atoms with Gasteiger partial charge in [-0.2, -0.15) is 9.40 Å². The first-order valence-electron chi connectivity index (χ1n) is 9.43. The van der Waals surface area contributed by atoms with Crippen molar-refractivity contribution in [3.05, 3.63) is 47.9 Å². The number of fused-ring (bicyclic) bond motifs is 1. The zero-order valence-electron chi connectivity index (χ0n) is 16.3. The number of anilines is 2. The molecule has 0 spiro atoms. The number of carbonyl (C=O) groups is 1. The molecule has 0 aliphatic carbocycles. The molecule has 3 aromatic rings. The summed E-state index contributed by atoms with van der Waals surface area (Å²) in [5.41, 5.74) is 7.99. The van der Waals surface area contributed by atoms with Crippen molar-refractivity contribution in [1.29, 1.82) is 0 Å². The van der Waals surface area contributed by atoms with Crippen LogP contribution in [0, 0.1) is 0 Å². The van der Waals surface area contributed by atoms with Crippen molar-refractivity contribution in [3.63, 3.8) is 0 Å². The minimum absolute atomic E-state index is 0. The molecule has 30 heavy (non-hydrogen) atoms. The third kappa shape index (κ3) is 3.76. The quantitative estimate of drug-likeness (QED) is 0.559. The van der Waals surface area contributed by atoms with E-state index in [-0.39, 0.29) is 28.1 Å². The van der Waals surface area contributed by atoms with Crippen LogP contribution in [0.5, 0.6) is 0 Å². The highest BCUT2D eigenvalue weighted by atomic mass is 32.2. The topological polar surface area (TPSA) is 147 Å². The lowest BCUT2D eigenvalue weighted by molar-refractivity contribution is 0.102. The largest absolute Gasteiger partial charge is 0.382 e. The van der Waals surface area contributed by atoms with Crippen molar-refractivity contribution in [1.82, 2.24) is 24.5 Å². The third-order valence-corrected chi connectivity index (χ3v) is 6.83. The molecule has 4 N–H and O–H groups in total. The Labute approximate surface area is 177 Å². The van der Waals surface area contributed by atoms with E-state index in [1.54, 1.807) is 13.0 Å². The zero-order chi connectivity index (χ0) is 21.3. The summed E-state index contributed by atoms with van der Waals surface area (Å²) in [7, 11) is -3.24. The van der Waals surface area contributed by atoms with Gasteiger partial charge in [-0.15, -0.1) is 0 Å². The van der Waals surface area contributed by atoms with Gasteiger partial charge in [-0.25, -0.2) is 18.4 Å². The lowest BCUT2D eigenvalue weighted by atomic mass is 10.1. The van der Waals surface area contributed by atoms with Gasteiger partial charge in [0.25, 0.3) is 5.91 Å². The Balaban J connectivity index is 0.00000181. The van der Waals surface area contributed by atoms with Gasteiger partial charge in [0.1, 0.15) is 0 Å². The Morgan fingerprint density at radius 1 is 1.37 bits per heavy atom. The summed E-state index contributed by atoms with van der Waals surface area (Å²) in [6, 6.07) is 7.40. The molecule has 0 saturated heterocycles. The van der Waals surface area contributed by atoms with E-state index in [9.17, 15) is 13.2 Å². The fourth-order valence-electron chi connectivity index (χ4n) is 3.26.